The molecule has 0 aromatic heterocycles. The van der Waals surface area contributed by atoms with Crippen LogP contribution in [0.4, 0.5) is 18.9 Å². The van der Waals surface area contributed by atoms with Crippen molar-refractivity contribution >= 4 is 11.6 Å². The Balaban J connectivity index is 1.70. The van der Waals surface area contributed by atoms with E-state index in [1.54, 1.807) is 12.1 Å². The van der Waals surface area contributed by atoms with Crippen molar-refractivity contribution < 1.29 is 27.4 Å². The quantitative estimate of drug-likeness (QED) is 0.798. The number of hydrogen-bond acceptors (Lipinski definition) is 4. The number of piperidine rings is 1. The Morgan fingerprint density at radius 2 is 1.71 bits per heavy atom. The molecule has 2 N–H and O–H groups in total. The minimum absolute atomic E-state index is 0.234. The molecule has 2 aromatic carbocycles. The molecule has 0 saturated carbocycles. The molecule has 0 aliphatic carbocycles. The maximum atomic E-state index is 13.1. The van der Waals surface area contributed by atoms with Crippen LogP contribution in [0.5, 0.6) is 11.5 Å². The van der Waals surface area contributed by atoms with Crippen LogP contribution in [0.3, 0.4) is 0 Å². The highest BCUT2D eigenvalue weighted by Crippen LogP contribution is 2.38. The van der Waals surface area contributed by atoms with Gasteiger partial charge in [-0.1, -0.05) is 12.1 Å². The van der Waals surface area contributed by atoms with E-state index in [1.807, 2.05) is 0 Å². The van der Waals surface area contributed by atoms with Gasteiger partial charge in [0.2, 0.25) is 0 Å². The zero-order valence-corrected chi connectivity index (χ0v) is 15.3. The highest BCUT2D eigenvalue weighted by molar-refractivity contribution is 5.97. The molecule has 1 saturated heterocycles. The Morgan fingerprint density at radius 1 is 1.07 bits per heavy atom. The molecule has 1 aliphatic rings. The number of para-hydroxylation sites is 1. The van der Waals surface area contributed by atoms with Crippen molar-refractivity contribution in [1.29, 1.82) is 0 Å². The van der Waals surface area contributed by atoms with Crippen LogP contribution < -0.4 is 15.4 Å². The minimum atomic E-state index is -4.51. The topological polar surface area (TPSA) is 59.6 Å². The summed E-state index contributed by atoms with van der Waals surface area (Å²) in [7, 11) is 1.51. The molecule has 0 atom stereocenters. The molecular formula is C20H21F3N2O3. The monoisotopic (exact) mass is 394 g/mol. The first-order valence-corrected chi connectivity index (χ1v) is 8.85. The van der Waals surface area contributed by atoms with E-state index in [0.29, 0.717) is 31.6 Å². The van der Waals surface area contributed by atoms with E-state index in [-0.39, 0.29) is 17.4 Å². The molecule has 1 aliphatic heterocycles. The summed E-state index contributed by atoms with van der Waals surface area (Å²) in [5.41, 5.74) is -1.22. The fraction of sp³-hybridized carbons (Fsp3) is 0.350. The highest BCUT2D eigenvalue weighted by atomic mass is 19.4. The molecular weight excluding hydrogens is 373 g/mol. The van der Waals surface area contributed by atoms with Gasteiger partial charge in [-0.3, -0.25) is 4.79 Å². The van der Waals surface area contributed by atoms with E-state index in [0.717, 1.165) is 6.07 Å². The van der Waals surface area contributed by atoms with Crippen LogP contribution in [0.25, 0.3) is 0 Å². The second kappa shape index (κ2) is 8.20. The molecule has 0 bridgehead atoms. The number of carbonyl (C=O) groups excluding carboxylic acids is 1. The lowest BCUT2D eigenvalue weighted by atomic mass is 9.91. The second-order valence-electron chi connectivity index (χ2n) is 6.52. The number of hydrogen-bond donors (Lipinski definition) is 2. The zero-order chi connectivity index (χ0) is 20.2. The van der Waals surface area contributed by atoms with Crippen LogP contribution in [0.2, 0.25) is 0 Å². The molecule has 1 fully saturated rings. The van der Waals surface area contributed by atoms with Gasteiger partial charge in [0.1, 0.15) is 17.1 Å². The molecule has 5 nitrogen and oxygen atoms in total. The third-order valence-corrected chi connectivity index (χ3v) is 4.75. The largest absolute Gasteiger partial charge is 0.457 e. The lowest BCUT2D eigenvalue weighted by Gasteiger charge is -2.34. The average molecular weight is 394 g/mol. The zero-order valence-electron chi connectivity index (χ0n) is 15.3. The van der Waals surface area contributed by atoms with Gasteiger partial charge in [-0.2, -0.15) is 13.2 Å². The first-order valence-electron chi connectivity index (χ1n) is 8.85. The van der Waals surface area contributed by atoms with Crippen molar-refractivity contribution in [1.82, 2.24) is 5.32 Å². The van der Waals surface area contributed by atoms with Gasteiger partial charge in [0.15, 0.2) is 0 Å². The van der Waals surface area contributed by atoms with Gasteiger partial charge in [-0.25, -0.2) is 0 Å². The Labute approximate surface area is 160 Å². The number of rotatable bonds is 5. The maximum Gasteiger partial charge on any atom is 0.419 e. The van der Waals surface area contributed by atoms with Gasteiger partial charge in [0, 0.05) is 12.8 Å². The number of anilines is 1. The van der Waals surface area contributed by atoms with E-state index in [2.05, 4.69) is 10.6 Å². The van der Waals surface area contributed by atoms with E-state index >= 15 is 0 Å². The highest BCUT2D eigenvalue weighted by Gasteiger charge is 2.39. The van der Waals surface area contributed by atoms with E-state index in [4.69, 9.17) is 9.47 Å². The minimum Gasteiger partial charge on any atom is -0.457 e. The average Bonchev–Trinajstić information content (AvgIpc) is 2.69. The number of methoxy groups -OCH3 is 1. The van der Waals surface area contributed by atoms with Gasteiger partial charge in [0.25, 0.3) is 5.91 Å². The number of amides is 1. The van der Waals surface area contributed by atoms with Crippen molar-refractivity contribution in [2.75, 3.05) is 25.5 Å². The summed E-state index contributed by atoms with van der Waals surface area (Å²) in [5, 5.41) is 5.98. The van der Waals surface area contributed by atoms with E-state index in [9.17, 15) is 18.0 Å². The SMILES string of the molecule is COC1(C(=O)Nc2ccc(Oc3ccccc3C(F)(F)F)cc2)CCNCC1. The third kappa shape index (κ3) is 4.45. The van der Waals surface area contributed by atoms with E-state index < -0.39 is 17.3 Å². The van der Waals surface area contributed by atoms with Crippen LogP contribution in [0, 0.1) is 0 Å². The molecule has 150 valence electrons. The summed E-state index contributed by atoms with van der Waals surface area (Å²) in [6, 6.07) is 11.2. The standard InChI is InChI=1S/C20H21F3N2O3/c1-27-19(10-12-24-13-11-19)18(26)25-14-6-8-15(9-7-14)28-17-5-3-2-4-16(17)20(21,22)23/h2-9,24H,10-13H2,1H3,(H,25,26). The molecule has 1 amide bonds. The van der Waals surface area contributed by atoms with Crippen LogP contribution in [-0.4, -0.2) is 31.7 Å². The van der Waals surface area contributed by atoms with Crippen LogP contribution >= 0.6 is 0 Å². The summed E-state index contributed by atoms with van der Waals surface area (Å²) >= 11 is 0. The lowest BCUT2D eigenvalue weighted by Crippen LogP contribution is -2.51. The Morgan fingerprint density at radius 3 is 2.32 bits per heavy atom. The predicted octanol–water partition coefficient (Wildman–Crippen LogP) is 4.20. The lowest BCUT2D eigenvalue weighted by molar-refractivity contribution is -0.141. The van der Waals surface area contributed by atoms with Crippen LogP contribution in [0.1, 0.15) is 18.4 Å². The van der Waals surface area contributed by atoms with Gasteiger partial charge in [-0.15, -0.1) is 0 Å². The van der Waals surface area contributed by atoms with Gasteiger partial charge in [0.05, 0.1) is 5.56 Å². The second-order valence-corrected chi connectivity index (χ2v) is 6.52. The van der Waals surface area contributed by atoms with Crippen molar-refractivity contribution in [3.8, 4) is 11.5 Å². The van der Waals surface area contributed by atoms with Crippen molar-refractivity contribution in [3.63, 3.8) is 0 Å². The number of alkyl halides is 3. The first kappa shape index (κ1) is 20.2. The van der Waals surface area contributed by atoms with Crippen molar-refractivity contribution in [2.45, 2.75) is 24.6 Å². The molecule has 8 heteroatoms. The number of halogens is 3. The Bertz CT molecular complexity index is 816. The molecule has 1 heterocycles. The molecule has 2 aromatic rings. The summed E-state index contributed by atoms with van der Waals surface area (Å²) in [6.07, 6.45) is -3.39. The fourth-order valence-electron chi connectivity index (χ4n) is 3.12. The fourth-order valence-corrected chi connectivity index (χ4v) is 3.12. The predicted molar refractivity (Wildman–Crippen MR) is 98.4 cm³/mol. The summed E-state index contributed by atoms with van der Waals surface area (Å²) < 4.78 is 50.0. The van der Waals surface area contributed by atoms with Crippen molar-refractivity contribution in [3.05, 3.63) is 54.1 Å². The summed E-state index contributed by atoms with van der Waals surface area (Å²) in [5.74, 6) is -0.287. The molecule has 0 spiro atoms. The van der Waals surface area contributed by atoms with E-state index in [1.165, 1.54) is 37.4 Å². The molecule has 3 rings (SSSR count). The normalized spacial score (nSPS) is 16.4. The maximum absolute atomic E-state index is 13.1. The first-order chi connectivity index (χ1) is 13.3. The number of ether oxygens (including phenoxy) is 2. The molecule has 28 heavy (non-hydrogen) atoms. The van der Waals surface area contributed by atoms with Crippen molar-refractivity contribution in [2.24, 2.45) is 0 Å². The van der Waals surface area contributed by atoms with Gasteiger partial charge < -0.3 is 20.1 Å². The number of nitrogens with one attached hydrogen (secondary N) is 2. The number of carbonyl (C=O) groups is 1. The van der Waals surface area contributed by atoms with Crippen LogP contribution in [-0.2, 0) is 15.7 Å². The van der Waals surface area contributed by atoms with Crippen LogP contribution in [0.15, 0.2) is 48.5 Å². The molecule has 0 unspecified atom stereocenters. The molecule has 0 radical (unpaired) electrons. The Hall–Kier alpha value is -2.58. The van der Waals surface area contributed by atoms with Gasteiger partial charge >= 0.3 is 6.18 Å². The smallest absolute Gasteiger partial charge is 0.419 e. The summed E-state index contributed by atoms with van der Waals surface area (Å²) in [6.45, 7) is 1.37. The number of benzene rings is 2. The van der Waals surface area contributed by atoms with Gasteiger partial charge in [-0.05, 0) is 62.3 Å². The third-order valence-electron chi connectivity index (χ3n) is 4.75. The summed E-state index contributed by atoms with van der Waals surface area (Å²) in [4.78, 5) is 12.6. The Kier molecular flexibility index (Phi) is 5.90.